The maximum absolute atomic E-state index is 13.3. The zero-order chi connectivity index (χ0) is 13.5. The van der Waals surface area contributed by atoms with E-state index in [0.29, 0.717) is 17.0 Å². The smallest absolute Gasteiger partial charge is 0.234 e. The van der Waals surface area contributed by atoms with E-state index in [1.54, 1.807) is 19.1 Å². The lowest BCUT2D eigenvalue weighted by Gasteiger charge is -2.09. The van der Waals surface area contributed by atoms with Crippen molar-refractivity contribution < 1.29 is 9.18 Å². The van der Waals surface area contributed by atoms with Gasteiger partial charge < -0.3 is 11.1 Å². The molecule has 0 aliphatic heterocycles. The second-order valence-electron chi connectivity index (χ2n) is 4.20. The molecular weight excluding hydrogens is 251 g/mol. The van der Waals surface area contributed by atoms with Crippen molar-refractivity contribution in [2.75, 3.05) is 16.8 Å². The minimum atomic E-state index is -0.312. The third-order valence-corrected chi connectivity index (χ3v) is 3.68. The molecule has 100 valence electrons. The highest BCUT2D eigenvalue weighted by molar-refractivity contribution is 8.00. The minimum absolute atomic E-state index is 0.125. The second kappa shape index (κ2) is 7.38. The van der Waals surface area contributed by atoms with Gasteiger partial charge >= 0.3 is 0 Å². The van der Waals surface area contributed by atoms with Crippen LogP contribution in [0.25, 0.3) is 0 Å². The van der Waals surface area contributed by atoms with Crippen molar-refractivity contribution in [1.29, 1.82) is 0 Å². The molecule has 0 fully saturated rings. The molecule has 1 aromatic rings. The summed E-state index contributed by atoms with van der Waals surface area (Å²) in [6.45, 7) is 3.70. The Balaban J connectivity index is 2.38. The summed E-state index contributed by atoms with van der Waals surface area (Å²) in [6, 6.07) is 4.79. The van der Waals surface area contributed by atoms with Crippen molar-refractivity contribution in [2.45, 2.75) is 26.3 Å². The van der Waals surface area contributed by atoms with Gasteiger partial charge in [0.2, 0.25) is 5.91 Å². The molecule has 1 rings (SSSR count). The number of hydrogen-bond acceptors (Lipinski definition) is 3. The summed E-state index contributed by atoms with van der Waals surface area (Å²) < 4.78 is 13.3. The van der Waals surface area contributed by atoms with Gasteiger partial charge in [-0.2, -0.15) is 11.8 Å². The molecule has 1 amide bonds. The first-order chi connectivity index (χ1) is 8.52. The molecular formula is C13H19FN2OS. The summed E-state index contributed by atoms with van der Waals surface area (Å²) in [6.07, 6.45) is 0.901. The summed E-state index contributed by atoms with van der Waals surface area (Å²) in [5, 5.41) is 2.66. The van der Waals surface area contributed by atoms with Crippen molar-refractivity contribution in [3.63, 3.8) is 0 Å². The Morgan fingerprint density at radius 1 is 1.56 bits per heavy atom. The average Bonchev–Trinajstić information content (AvgIpc) is 2.33. The van der Waals surface area contributed by atoms with Crippen LogP contribution in [0, 0.1) is 12.7 Å². The van der Waals surface area contributed by atoms with Gasteiger partial charge in [0, 0.05) is 17.5 Å². The van der Waals surface area contributed by atoms with Crippen LogP contribution >= 0.6 is 11.8 Å². The molecule has 0 spiro atoms. The van der Waals surface area contributed by atoms with Crippen molar-refractivity contribution in [1.82, 2.24) is 0 Å². The number of aryl methyl sites for hydroxylation is 1. The lowest BCUT2D eigenvalue weighted by atomic mass is 10.2. The van der Waals surface area contributed by atoms with Gasteiger partial charge in [-0.05, 0) is 31.0 Å². The van der Waals surface area contributed by atoms with Crippen LogP contribution in [0.5, 0.6) is 0 Å². The lowest BCUT2D eigenvalue weighted by Crippen LogP contribution is -2.23. The van der Waals surface area contributed by atoms with E-state index in [1.165, 1.54) is 17.8 Å². The Hall–Kier alpha value is -1.07. The Kier molecular flexibility index (Phi) is 6.15. The van der Waals surface area contributed by atoms with Gasteiger partial charge in [-0.1, -0.05) is 13.0 Å². The number of carbonyl (C=O) groups is 1. The van der Waals surface area contributed by atoms with E-state index in [-0.39, 0.29) is 17.8 Å². The molecule has 18 heavy (non-hydrogen) atoms. The van der Waals surface area contributed by atoms with Crippen molar-refractivity contribution in [3.8, 4) is 0 Å². The Morgan fingerprint density at radius 2 is 2.28 bits per heavy atom. The molecule has 3 nitrogen and oxygen atoms in total. The Labute approximate surface area is 111 Å². The lowest BCUT2D eigenvalue weighted by molar-refractivity contribution is -0.113. The molecule has 0 aliphatic rings. The Bertz CT molecular complexity index is 412. The van der Waals surface area contributed by atoms with Gasteiger partial charge in [0.25, 0.3) is 0 Å². The molecule has 0 bridgehead atoms. The fraction of sp³-hybridized carbons (Fsp3) is 0.462. The molecule has 0 saturated heterocycles. The van der Waals surface area contributed by atoms with Gasteiger partial charge in [0.05, 0.1) is 5.75 Å². The van der Waals surface area contributed by atoms with Gasteiger partial charge in [-0.3, -0.25) is 4.79 Å². The van der Waals surface area contributed by atoms with E-state index in [1.807, 2.05) is 6.92 Å². The predicted octanol–water partition coefficient (Wildman–Crippen LogP) is 2.54. The molecule has 1 aromatic carbocycles. The van der Waals surface area contributed by atoms with Gasteiger partial charge in [-0.25, -0.2) is 4.39 Å². The largest absolute Gasteiger partial charge is 0.327 e. The van der Waals surface area contributed by atoms with E-state index in [0.717, 1.165) is 12.2 Å². The van der Waals surface area contributed by atoms with E-state index in [4.69, 9.17) is 5.73 Å². The predicted molar refractivity (Wildman–Crippen MR) is 75.4 cm³/mol. The SMILES string of the molecule is CCC(N)CSCC(=O)Nc1ccc(C)c(F)c1. The maximum atomic E-state index is 13.3. The highest BCUT2D eigenvalue weighted by atomic mass is 32.2. The summed E-state index contributed by atoms with van der Waals surface area (Å²) in [5.74, 6) is 0.648. The number of nitrogens with two attached hydrogens (primary N) is 1. The van der Waals surface area contributed by atoms with E-state index in [2.05, 4.69) is 5.32 Å². The van der Waals surface area contributed by atoms with Crippen molar-refractivity contribution >= 4 is 23.4 Å². The fourth-order valence-corrected chi connectivity index (χ4v) is 2.20. The monoisotopic (exact) mass is 270 g/mol. The highest BCUT2D eigenvalue weighted by Crippen LogP contribution is 2.14. The molecule has 0 aliphatic carbocycles. The zero-order valence-corrected chi connectivity index (χ0v) is 11.5. The van der Waals surface area contributed by atoms with Crippen molar-refractivity contribution in [2.24, 2.45) is 5.73 Å². The number of anilines is 1. The number of benzene rings is 1. The quantitative estimate of drug-likeness (QED) is 0.835. The van der Waals surface area contributed by atoms with Crippen LogP contribution in [0.2, 0.25) is 0 Å². The molecule has 1 unspecified atom stereocenters. The zero-order valence-electron chi connectivity index (χ0n) is 10.7. The first kappa shape index (κ1) is 15.0. The third kappa shape index (κ3) is 5.06. The summed E-state index contributed by atoms with van der Waals surface area (Å²) in [5.41, 5.74) is 6.80. The van der Waals surface area contributed by atoms with E-state index in [9.17, 15) is 9.18 Å². The first-order valence-electron chi connectivity index (χ1n) is 5.92. The normalized spacial score (nSPS) is 12.2. The number of rotatable bonds is 6. The average molecular weight is 270 g/mol. The molecule has 3 N–H and O–H groups in total. The summed E-state index contributed by atoms with van der Waals surface area (Å²) >= 11 is 1.49. The molecule has 5 heteroatoms. The minimum Gasteiger partial charge on any atom is -0.327 e. The van der Waals surface area contributed by atoms with Crippen LogP contribution in [-0.2, 0) is 4.79 Å². The standard InChI is InChI=1S/C13H19FN2OS/c1-3-10(15)7-18-8-13(17)16-11-5-4-9(2)12(14)6-11/h4-6,10H,3,7-8,15H2,1-2H3,(H,16,17). The number of hydrogen-bond donors (Lipinski definition) is 2. The van der Waals surface area contributed by atoms with Crippen LogP contribution in [0.15, 0.2) is 18.2 Å². The van der Waals surface area contributed by atoms with Gasteiger partial charge in [0.15, 0.2) is 0 Å². The fourth-order valence-electron chi connectivity index (χ4n) is 1.29. The van der Waals surface area contributed by atoms with Crippen LogP contribution < -0.4 is 11.1 Å². The van der Waals surface area contributed by atoms with Gasteiger partial charge in [-0.15, -0.1) is 0 Å². The number of thioether (sulfide) groups is 1. The molecule has 0 radical (unpaired) electrons. The number of amides is 1. The molecule has 0 saturated carbocycles. The highest BCUT2D eigenvalue weighted by Gasteiger charge is 2.06. The number of carbonyl (C=O) groups excluding carboxylic acids is 1. The van der Waals surface area contributed by atoms with E-state index < -0.39 is 0 Å². The van der Waals surface area contributed by atoms with Crippen LogP contribution in [-0.4, -0.2) is 23.5 Å². The van der Waals surface area contributed by atoms with Crippen molar-refractivity contribution in [3.05, 3.63) is 29.6 Å². The van der Waals surface area contributed by atoms with Crippen LogP contribution in [0.3, 0.4) is 0 Å². The molecule has 0 heterocycles. The Morgan fingerprint density at radius 3 is 2.89 bits per heavy atom. The summed E-state index contributed by atoms with van der Waals surface area (Å²) in [7, 11) is 0. The molecule has 1 atom stereocenters. The first-order valence-corrected chi connectivity index (χ1v) is 7.07. The summed E-state index contributed by atoms with van der Waals surface area (Å²) in [4.78, 5) is 11.6. The second-order valence-corrected chi connectivity index (χ2v) is 5.23. The topological polar surface area (TPSA) is 55.1 Å². The molecule has 0 aromatic heterocycles. The third-order valence-electron chi connectivity index (χ3n) is 2.55. The van der Waals surface area contributed by atoms with Crippen LogP contribution in [0.1, 0.15) is 18.9 Å². The van der Waals surface area contributed by atoms with Crippen LogP contribution in [0.4, 0.5) is 10.1 Å². The van der Waals surface area contributed by atoms with Gasteiger partial charge in [0.1, 0.15) is 5.82 Å². The number of nitrogens with one attached hydrogen (secondary N) is 1. The maximum Gasteiger partial charge on any atom is 0.234 e. The number of halogens is 1. The van der Waals surface area contributed by atoms with E-state index >= 15 is 0 Å².